The Balaban J connectivity index is 2.90. The summed E-state index contributed by atoms with van der Waals surface area (Å²) in [5.41, 5.74) is 0.880. The largest absolute Gasteiger partial charge is 0.480 e. The van der Waals surface area contributed by atoms with Crippen molar-refractivity contribution in [3.63, 3.8) is 0 Å². The van der Waals surface area contributed by atoms with Gasteiger partial charge in [-0.2, -0.15) is 0 Å². The highest BCUT2D eigenvalue weighted by atomic mass is 31.0. The van der Waals surface area contributed by atoms with E-state index in [4.69, 9.17) is 9.93 Å². The number of nitrogens with one attached hydrogen (secondary N) is 1. The van der Waals surface area contributed by atoms with Gasteiger partial charge in [-0.15, -0.1) is 0 Å². The Morgan fingerprint density at radius 3 is 2.30 bits per heavy atom. The van der Waals surface area contributed by atoms with Crippen LogP contribution in [0, 0.1) is 5.41 Å². The molecule has 0 bridgehead atoms. The molecule has 1 aromatic carbocycles. The molecule has 1 atom stereocenters. The third kappa shape index (κ3) is 1.55. The van der Waals surface area contributed by atoms with Crippen LogP contribution in [0.2, 0.25) is 0 Å². The van der Waals surface area contributed by atoms with Crippen molar-refractivity contribution in [2.45, 2.75) is 0 Å². The third-order valence-electron chi connectivity index (χ3n) is 1.18. The molecule has 0 spiro atoms. The average Bonchev–Trinajstić information content (AvgIpc) is 2.05. The lowest BCUT2D eigenvalue weighted by Crippen LogP contribution is -1.78. The van der Waals surface area contributed by atoms with Gasteiger partial charge in [-0.05, 0) is 29.8 Å². The first kappa shape index (κ1) is 7.23. The lowest BCUT2D eigenvalue weighted by Gasteiger charge is -1.96. The molecule has 0 radical (unpaired) electrons. The van der Waals surface area contributed by atoms with E-state index in [1.54, 1.807) is 0 Å². The fourth-order valence-corrected chi connectivity index (χ4v) is 0.800. The van der Waals surface area contributed by atoms with Gasteiger partial charge in [0.1, 0.15) is 5.75 Å². The minimum Gasteiger partial charge on any atom is -0.480 e. The minimum atomic E-state index is 0.788. The molecule has 0 saturated carbocycles. The maximum Gasteiger partial charge on any atom is 0.122 e. The van der Waals surface area contributed by atoms with Gasteiger partial charge in [-0.3, -0.25) is 0 Å². The Morgan fingerprint density at radius 1 is 1.30 bits per heavy atom. The van der Waals surface area contributed by atoms with Crippen molar-refractivity contribution in [1.29, 1.82) is 5.41 Å². The zero-order valence-corrected chi connectivity index (χ0v) is 6.53. The molecule has 1 N–H and O–H groups in total. The van der Waals surface area contributed by atoms with E-state index in [0.717, 1.165) is 11.3 Å². The fraction of sp³-hybridized carbons (Fsp3) is 0. The van der Waals surface area contributed by atoms with Crippen molar-refractivity contribution < 1.29 is 4.52 Å². The lowest BCUT2D eigenvalue weighted by atomic mass is 10.2. The lowest BCUT2D eigenvalue weighted by molar-refractivity contribution is 0.646. The minimum absolute atomic E-state index is 0.788. The number of benzene rings is 1. The van der Waals surface area contributed by atoms with Gasteiger partial charge in [-0.1, -0.05) is 0 Å². The predicted octanol–water partition coefficient (Wildman–Crippen LogP) is 1.85. The molecule has 0 aliphatic heterocycles. The van der Waals surface area contributed by atoms with Crippen molar-refractivity contribution in [3.8, 4) is 5.75 Å². The zero-order chi connectivity index (χ0) is 7.40. The SMILES string of the molecule is N=Cc1ccc(OP)cc1. The van der Waals surface area contributed by atoms with Crippen molar-refractivity contribution in [1.82, 2.24) is 0 Å². The molecule has 1 unspecified atom stereocenters. The van der Waals surface area contributed by atoms with E-state index in [0.29, 0.717) is 0 Å². The Bertz CT molecular complexity index is 220. The van der Waals surface area contributed by atoms with Gasteiger partial charge in [0, 0.05) is 6.21 Å². The summed E-state index contributed by atoms with van der Waals surface area (Å²) in [6.45, 7) is 0. The van der Waals surface area contributed by atoms with Gasteiger partial charge in [0.05, 0.1) is 9.47 Å². The van der Waals surface area contributed by atoms with E-state index in [1.807, 2.05) is 24.3 Å². The Morgan fingerprint density at radius 2 is 1.90 bits per heavy atom. The Labute approximate surface area is 62.0 Å². The normalized spacial score (nSPS) is 8.90. The molecule has 0 aromatic heterocycles. The van der Waals surface area contributed by atoms with Crippen molar-refractivity contribution in [2.24, 2.45) is 0 Å². The van der Waals surface area contributed by atoms with Gasteiger partial charge in [0.2, 0.25) is 0 Å². The van der Waals surface area contributed by atoms with Gasteiger partial charge in [0.15, 0.2) is 0 Å². The summed E-state index contributed by atoms with van der Waals surface area (Å²) in [6, 6.07) is 7.28. The number of hydrogen-bond acceptors (Lipinski definition) is 2. The van der Waals surface area contributed by atoms with Crippen LogP contribution < -0.4 is 4.52 Å². The molecule has 3 heteroatoms. The summed E-state index contributed by atoms with van der Waals surface area (Å²) in [4.78, 5) is 0. The molecule has 2 nitrogen and oxygen atoms in total. The second-order valence-electron chi connectivity index (χ2n) is 1.83. The van der Waals surface area contributed by atoms with E-state index in [1.165, 1.54) is 6.21 Å². The van der Waals surface area contributed by atoms with Crippen molar-refractivity contribution >= 4 is 15.7 Å². The number of hydrogen-bond donors (Lipinski definition) is 1. The fourth-order valence-electron chi connectivity index (χ4n) is 0.643. The first-order valence-corrected chi connectivity index (χ1v) is 3.31. The molecule has 1 rings (SSSR count). The van der Waals surface area contributed by atoms with Crippen LogP contribution in [0.25, 0.3) is 0 Å². The standard InChI is InChI=1S/C7H8NOP/c8-5-6-1-3-7(9-10)4-2-6/h1-5,8H,10H2. The van der Waals surface area contributed by atoms with Gasteiger partial charge in [-0.25, -0.2) is 0 Å². The van der Waals surface area contributed by atoms with Gasteiger partial charge < -0.3 is 9.93 Å². The predicted molar refractivity (Wildman–Crippen MR) is 44.7 cm³/mol. The third-order valence-corrected chi connectivity index (χ3v) is 1.46. The molecule has 52 valence electrons. The maximum absolute atomic E-state index is 6.90. The zero-order valence-electron chi connectivity index (χ0n) is 5.37. The summed E-state index contributed by atoms with van der Waals surface area (Å²) in [5, 5.41) is 6.90. The van der Waals surface area contributed by atoms with Gasteiger partial charge >= 0.3 is 0 Å². The van der Waals surface area contributed by atoms with E-state index < -0.39 is 0 Å². The smallest absolute Gasteiger partial charge is 0.122 e. The van der Waals surface area contributed by atoms with Gasteiger partial charge in [0.25, 0.3) is 0 Å². The summed E-state index contributed by atoms with van der Waals surface area (Å²) in [5.74, 6) is 0.788. The molecular formula is C7H8NOP. The Hall–Kier alpha value is -0.880. The summed E-state index contributed by atoms with van der Waals surface area (Å²) in [6.07, 6.45) is 1.30. The van der Waals surface area contributed by atoms with Crippen LogP contribution in [-0.2, 0) is 0 Å². The van der Waals surface area contributed by atoms with Crippen LogP contribution in [0.1, 0.15) is 5.56 Å². The maximum atomic E-state index is 6.90. The van der Waals surface area contributed by atoms with Crippen LogP contribution in [0.3, 0.4) is 0 Å². The average molecular weight is 153 g/mol. The quantitative estimate of drug-likeness (QED) is 0.510. The van der Waals surface area contributed by atoms with Crippen LogP contribution >= 0.6 is 9.47 Å². The highest BCUT2D eigenvalue weighted by Crippen LogP contribution is 2.12. The molecule has 0 fully saturated rings. The molecular weight excluding hydrogens is 145 g/mol. The summed E-state index contributed by atoms with van der Waals surface area (Å²) in [7, 11) is 2.17. The van der Waals surface area contributed by atoms with E-state index in [9.17, 15) is 0 Å². The molecule has 0 aliphatic carbocycles. The van der Waals surface area contributed by atoms with Crippen LogP contribution in [0.4, 0.5) is 0 Å². The molecule has 0 heterocycles. The topological polar surface area (TPSA) is 33.1 Å². The van der Waals surface area contributed by atoms with Crippen LogP contribution in [0.5, 0.6) is 5.75 Å². The molecule has 1 aromatic rings. The number of rotatable bonds is 2. The second kappa shape index (κ2) is 3.33. The monoisotopic (exact) mass is 153 g/mol. The van der Waals surface area contributed by atoms with E-state index in [-0.39, 0.29) is 0 Å². The van der Waals surface area contributed by atoms with E-state index >= 15 is 0 Å². The highest BCUT2D eigenvalue weighted by molar-refractivity contribution is 7.10. The summed E-state index contributed by atoms with van der Waals surface area (Å²) < 4.78 is 4.86. The Kier molecular flexibility index (Phi) is 2.41. The first-order chi connectivity index (χ1) is 4.86. The highest BCUT2D eigenvalue weighted by Gasteiger charge is 1.88. The van der Waals surface area contributed by atoms with Crippen LogP contribution in [-0.4, -0.2) is 6.21 Å². The molecule has 0 amide bonds. The van der Waals surface area contributed by atoms with Crippen LogP contribution in [0.15, 0.2) is 24.3 Å². The molecule has 10 heavy (non-hydrogen) atoms. The molecule has 0 aliphatic rings. The summed E-state index contributed by atoms with van der Waals surface area (Å²) >= 11 is 0. The van der Waals surface area contributed by atoms with E-state index in [2.05, 4.69) is 9.47 Å². The van der Waals surface area contributed by atoms with Crippen molar-refractivity contribution in [3.05, 3.63) is 29.8 Å². The van der Waals surface area contributed by atoms with Crippen molar-refractivity contribution in [2.75, 3.05) is 0 Å². The first-order valence-electron chi connectivity index (χ1n) is 2.84. The second-order valence-corrected chi connectivity index (χ2v) is 2.07. The molecule has 0 saturated heterocycles.